The highest BCUT2D eigenvalue weighted by Gasteiger charge is 2.31. The van der Waals surface area contributed by atoms with E-state index in [9.17, 15) is 4.79 Å². The van der Waals surface area contributed by atoms with Crippen molar-refractivity contribution in [2.24, 2.45) is 5.92 Å². The molecule has 0 aliphatic heterocycles. The van der Waals surface area contributed by atoms with Crippen molar-refractivity contribution in [1.29, 1.82) is 0 Å². The number of urea groups is 1. The van der Waals surface area contributed by atoms with Crippen molar-refractivity contribution in [3.63, 3.8) is 0 Å². The number of aliphatic hydroxyl groups is 1. The van der Waals surface area contributed by atoms with E-state index in [1.807, 2.05) is 18.2 Å². The van der Waals surface area contributed by atoms with E-state index in [1.54, 1.807) is 6.20 Å². The molecule has 0 saturated heterocycles. The molecule has 0 spiro atoms. The number of nitrogens with zero attached hydrogens (tertiary/aromatic N) is 1. The van der Waals surface area contributed by atoms with Gasteiger partial charge in [0.2, 0.25) is 0 Å². The van der Waals surface area contributed by atoms with E-state index in [2.05, 4.69) is 15.6 Å². The van der Waals surface area contributed by atoms with Crippen LogP contribution in [0, 0.1) is 5.92 Å². The Balaban J connectivity index is 1.66. The first-order chi connectivity index (χ1) is 9.29. The van der Waals surface area contributed by atoms with Crippen LogP contribution in [-0.2, 0) is 6.42 Å². The van der Waals surface area contributed by atoms with Crippen LogP contribution in [-0.4, -0.2) is 35.3 Å². The summed E-state index contributed by atoms with van der Waals surface area (Å²) >= 11 is 0. The Kier molecular flexibility index (Phi) is 5.15. The molecule has 1 fully saturated rings. The van der Waals surface area contributed by atoms with Crippen molar-refractivity contribution in [1.82, 2.24) is 15.6 Å². The number of aliphatic hydroxyl groups excluding tert-OH is 1. The molecule has 0 aromatic carbocycles. The molecule has 1 heterocycles. The topological polar surface area (TPSA) is 74.2 Å². The first-order valence-corrected chi connectivity index (χ1v) is 6.84. The van der Waals surface area contributed by atoms with Crippen molar-refractivity contribution >= 4 is 6.03 Å². The summed E-state index contributed by atoms with van der Waals surface area (Å²) in [5.74, 6) is 0.550. The van der Waals surface area contributed by atoms with Gasteiger partial charge in [-0.3, -0.25) is 4.98 Å². The summed E-state index contributed by atoms with van der Waals surface area (Å²) in [6, 6.07) is 5.71. The highest BCUT2D eigenvalue weighted by Crippen LogP contribution is 2.33. The predicted molar refractivity (Wildman–Crippen MR) is 72.7 cm³/mol. The zero-order valence-electron chi connectivity index (χ0n) is 11.0. The molecule has 1 atom stereocenters. The molecule has 2 rings (SSSR count). The van der Waals surface area contributed by atoms with Crippen LogP contribution in [0.2, 0.25) is 0 Å². The Morgan fingerprint density at radius 1 is 1.47 bits per heavy atom. The Bertz CT molecular complexity index is 393. The third-order valence-electron chi connectivity index (χ3n) is 3.34. The monoisotopic (exact) mass is 263 g/mol. The van der Waals surface area contributed by atoms with Crippen LogP contribution in [0.4, 0.5) is 4.79 Å². The quantitative estimate of drug-likeness (QED) is 0.689. The lowest BCUT2D eigenvalue weighted by Gasteiger charge is -2.17. The predicted octanol–water partition coefficient (Wildman–Crippen LogP) is 1.08. The van der Waals surface area contributed by atoms with E-state index in [0.717, 1.165) is 25.0 Å². The summed E-state index contributed by atoms with van der Waals surface area (Å²) in [5.41, 5.74) is 0.969. The number of hydrogen-bond acceptors (Lipinski definition) is 3. The highest BCUT2D eigenvalue weighted by atomic mass is 16.3. The highest BCUT2D eigenvalue weighted by molar-refractivity contribution is 5.74. The molecular formula is C14H21N3O2. The van der Waals surface area contributed by atoms with Gasteiger partial charge >= 0.3 is 6.03 Å². The lowest BCUT2D eigenvalue weighted by atomic mass is 10.1. The molecule has 1 aliphatic carbocycles. The Morgan fingerprint density at radius 2 is 2.32 bits per heavy atom. The minimum absolute atomic E-state index is 0.111. The van der Waals surface area contributed by atoms with Crippen molar-refractivity contribution in [2.75, 3.05) is 13.2 Å². The van der Waals surface area contributed by atoms with Gasteiger partial charge in [0.25, 0.3) is 0 Å². The molecule has 1 aliphatic rings. The number of rotatable bonds is 7. The molecule has 1 unspecified atom stereocenters. The molecule has 104 valence electrons. The maximum atomic E-state index is 11.7. The van der Waals surface area contributed by atoms with Crippen molar-refractivity contribution in [3.05, 3.63) is 30.1 Å². The number of pyridine rings is 1. The summed E-state index contributed by atoms with van der Waals surface area (Å²) in [6.45, 7) is 0.689. The van der Waals surface area contributed by atoms with Crippen molar-refractivity contribution < 1.29 is 9.90 Å². The van der Waals surface area contributed by atoms with Crippen LogP contribution in [0.5, 0.6) is 0 Å². The SMILES string of the molecule is O=C(NCCc1ccccn1)NC(CCO)C1CC1. The number of hydrogen-bond donors (Lipinski definition) is 3. The molecule has 5 nitrogen and oxygen atoms in total. The largest absolute Gasteiger partial charge is 0.396 e. The van der Waals surface area contributed by atoms with Gasteiger partial charge in [0, 0.05) is 37.5 Å². The zero-order valence-corrected chi connectivity index (χ0v) is 11.0. The summed E-state index contributed by atoms with van der Waals surface area (Å²) in [4.78, 5) is 15.9. The van der Waals surface area contributed by atoms with Crippen LogP contribution < -0.4 is 10.6 Å². The molecule has 3 N–H and O–H groups in total. The second-order valence-electron chi connectivity index (χ2n) is 4.93. The molecule has 0 bridgehead atoms. The fourth-order valence-corrected chi connectivity index (χ4v) is 2.13. The summed E-state index contributed by atoms with van der Waals surface area (Å²) in [5, 5.41) is 14.7. The second kappa shape index (κ2) is 7.09. The van der Waals surface area contributed by atoms with Gasteiger partial charge in [0.05, 0.1) is 0 Å². The Hall–Kier alpha value is -1.62. The molecule has 19 heavy (non-hydrogen) atoms. The van der Waals surface area contributed by atoms with Crippen molar-refractivity contribution in [2.45, 2.75) is 31.7 Å². The maximum Gasteiger partial charge on any atom is 0.315 e. The molecule has 1 aromatic rings. The average molecular weight is 263 g/mol. The molecule has 1 aromatic heterocycles. The van der Waals surface area contributed by atoms with Gasteiger partial charge in [-0.15, -0.1) is 0 Å². The van der Waals surface area contributed by atoms with Gasteiger partial charge in [-0.1, -0.05) is 6.07 Å². The summed E-state index contributed by atoms with van der Waals surface area (Å²) in [6.07, 6.45) is 5.41. The average Bonchev–Trinajstić information content (AvgIpc) is 3.24. The van der Waals surface area contributed by atoms with Gasteiger partial charge in [0.15, 0.2) is 0 Å². The van der Waals surface area contributed by atoms with Crippen LogP contribution in [0.25, 0.3) is 0 Å². The van der Waals surface area contributed by atoms with Crippen LogP contribution in [0.1, 0.15) is 25.0 Å². The van der Waals surface area contributed by atoms with E-state index < -0.39 is 0 Å². The number of carbonyl (C=O) groups excluding carboxylic acids is 1. The molecule has 2 amide bonds. The molecular weight excluding hydrogens is 242 g/mol. The van der Waals surface area contributed by atoms with E-state index in [4.69, 9.17) is 5.11 Å². The standard InChI is InChI=1S/C14H21N3O2/c18-10-7-13(11-4-5-11)17-14(19)16-9-6-12-3-1-2-8-15-12/h1-3,8,11,13,18H,4-7,9-10H2,(H2,16,17,19). The van der Waals surface area contributed by atoms with E-state index in [0.29, 0.717) is 18.9 Å². The van der Waals surface area contributed by atoms with Gasteiger partial charge in [-0.05, 0) is 37.3 Å². The van der Waals surface area contributed by atoms with Gasteiger partial charge in [-0.25, -0.2) is 4.79 Å². The number of amides is 2. The number of aromatic nitrogens is 1. The van der Waals surface area contributed by atoms with Crippen molar-refractivity contribution in [3.8, 4) is 0 Å². The smallest absolute Gasteiger partial charge is 0.315 e. The summed E-state index contributed by atoms with van der Waals surface area (Å²) in [7, 11) is 0. The molecule has 0 radical (unpaired) electrons. The second-order valence-corrected chi connectivity index (χ2v) is 4.93. The maximum absolute atomic E-state index is 11.7. The first kappa shape index (κ1) is 13.8. The van der Waals surface area contributed by atoms with E-state index >= 15 is 0 Å². The zero-order chi connectivity index (χ0) is 13.5. The normalized spacial score (nSPS) is 15.8. The summed E-state index contributed by atoms with van der Waals surface area (Å²) < 4.78 is 0. The number of carbonyl (C=O) groups is 1. The Morgan fingerprint density at radius 3 is 2.95 bits per heavy atom. The van der Waals surface area contributed by atoms with E-state index in [-0.39, 0.29) is 18.7 Å². The molecule has 5 heteroatoms. The van der Waals surface area contributed by atoms with Gasteiger partial charge in [0.1, 0.15) is 0 Å². The molecule has 1 saturated carbocycles. The van der Waals surface area contributed by atoms with Gasteiger partial charge in [-0.2, -0.15) is 0 Å². The van der Waals surface area contributed by atoms with E-state index in [1.165, 1.54) is 0 Å². The fourth-order valence-electron chi connectivity index (χ4n) is 2.13. The Labute approximate surface area is 113 Å². The lowest BCUT2D eigenvalue weighted by molar-refractivity contribution is 0.225. The minimum atomic E-state index is -0.152. The van der Waals surface area contributed by atoms with Crippen LogP contribution in [0.15, 0.2) is 24.4 Å². The van der Waals surface area contributed by atoms with Gasteiger partial charge < -0.3 is 15.7 Å². The minimum Gasteiger partial charge on any atom is -0.396 e. The number of nitrogens with one attached hydrogen (secondary N) is 2. The van der Waals surface area contributed by atoms with Crippen LogP contribution >= 0.6 is 0 Å². The first-order valence-electron chi connectivity index (χ1n) is 6.84. The lowest BCUT2D eigenvalue weighted by Crippen LogP contribution is -2.44. The third-order valence-corrected chi connectivity index (χ3v) is 3.34. The fraction of sp³-hybridized carbons (Fsp3) is 0.571. The van der Waals surface area contributed by atoms with Crippen LogP contribution in [0.3, 0.4) is 0 Å². The third kappa shape index (κ3) is 4.87.